The van der Waals surface area contributed by atoms with Gasteiger partial charge in [-0.25, -0.2) is 8.42 Å². The molecule has 0 unspecified atom stereocenters. The van der Waals surface area contributed by atoms with E-state index in [2.05, 4.69) is 5.32 Å². The van der Waals surface area contributed by atoms with Crippen LogP contribution >= 0.6 is 11.6 Å². The number of hydrogen-bond donors (Lipinski definition) is 1. The molecule has 0 aliphatic rings. The van der Waals surface area contributed by atoms with E-state index in [9.17, 15) is 13.2 Å². The van der Waals surface area contributed by atoms with E-state index in [1.54, 1.807) is 24.3 Å². The Labute approximate surface area is 170 Å². The van der Waals surface area contributed by atoms with Crippen LogP contribution < -0.4 is 5.32 Å². The molecule has 3 rings (SSSR count). The number of carbonyl (C=O) groups is 1. The summed E-state index contributed by atoms with van der Waals surface area (Å²) in [6, 6.07) is 16.1. The summed E-state index contributed by atoms with van der Waals surface area (Å²) in [5.41, 5.74) is 2.30. The average molecular weight is 417 g/mol. The standard InChI is InChI=1S/C21H21ClN2O3S/c1-14-10-15(2)21(19(22)11-14)23-20(25)13-24(3)28(26,27)18-9-8-16-6-4-5-7-17(16)12-18/h4-12H,13H2,1-3H3,(H,23,25). The highest BCUT2D eigenvalue weighted by Gasteiger charge is 2.23. The molecular weight excluding hydrogens is 396 g/mol. The molecule has 1 amide bonds. The molecule has 0 aromatic heterocycles. The van der Waals surface area contributed by atoms with Gasteiger partial charge in [-0.15, -0.1) is 0 Å². The lowest BCUT2D eigenvalue weighted by molar-refractivity contribution is -0.116. The van der Waals surface area contributed by atoms with E-state index in [1.807, 2.05) is 44.2 Å². The Kier molecular flexibility index (Phi) is 5.74. The number of nitrogens with one attached hydrogen (secondary N) is 1. The van der Waals surface area contributed by atoms with Gasteiger partial charge in [-0.1, -0.05) is 48.0 Å². The van der Waals surface area contributed by atoms with Crippen molar-refractivity contribution in [2.45, 2.75) is 18.7 Å². The third kappa shape index (κ3) is 4.19. The van der Waals surface area contributed by atoms with Crippen molar-refractivity contribution in [3.63, 3.8) is 0 Å². The third-order valence-electron chi connectivity index (χ3n) is 4.49. The Balaban J connectivity index is 1.79. The summed E-state index contributed by atoms with van der Waals surface area (Å²) in [4.78, 5) is 12.6. The molecule has 0 spiro atoms. The predicted molar refractivity (Wildman–Crippen MR) is 113 cm³/mol. The highest BCUT2D eigenvalue weighted by molar-refractivity contribution is 7.89. The fourth-order valence-corrected chi connectivity index (χ4v) is 4.58. The number of hydrogen-bond acceptors (Lipinski definition) is 3. The lowest BCUT2D eigenvalue weighted by atomic mass is 10.1. The topological polar surface area (TPSA) is 66.5 Å². The number of anilines is 1. The van der Waals surface area contributed by atoms with Crippen LogP contribution in [0.5, 0.6) is 0 Å². The molecule has 0 fully saturated rings. The summed E-state index contributed by atoms with van der Waals surface area (Å²) in [5.74, 6) is -0.458. The Morgan fingerprint density at radius 2 is 1.71 bits per heavy atom. The van der Waals surface area contributed by atoms with Gasteiger partial charge >= 0.3 is 0 Å². The first-order valence-electron chi connectivity index (χ1n) is 8.70. The van der Waals surface area contributed by atoms with Gasteiger partial charge in [-0.2, -0.15) is 4.31 Å². The van der Waals surface area contributed by atoms with Crippen molar-refractivity contribution in [1.29, 1.82) is 0 Å². The van der Waals surface area contributed by atoms with Crippen LogP contribution in [0.2, 0.25) is 5.02 Å². The second-order valence-corrected chi connectivity index (χ2v) is 9.21. The van der Waals surface area contributed by atoms with Crippen LogP contribution in [0.1, 0.15) is 11.1 Å². The van der Waals surface area contributed by atoms with Gasteiger partial charge in [0.05, 0.1) is 22.2 Å². The van der Waals surface area contributed by atoms with E-state index >= 15 is 0 Å². The minimum absolute atomic E-state index is 0.144. The number of amides is 1. The number of rotatable bonds is 5. The number of fused-ring (bicyclic) bond motifs is 1. The van der Waals surface area contributed by atoms with Crippen LogP contribution in [-0.2, 0) is 14.8 Å². The highest BCUT2D eigenvalue weighted by atomic mass is 35.5. The molecule has 0 saturated heterocycles. The van der Waals surface area contributed by atoms with Gasteiger partial charge in [-0.3, -0.25) is 4.79 Å². The number of benzene rings is 3. The van der Waals surface area contributed by atoms with Gasteiger partial charge in [-0.05, 0) is 53.9 Å². The molecule has 7 heteroatoms. The largest absolute Gasteiger partial charge is 0.323 e. The predicted octanol–water partition coefficient (Wildman–Crippen LogP) is 4.37. The van der Waals surface area contributed by atoms with Gasteiger partial charge in [0.2, 0.25) is 15.9 Å². The molecule has 3 aromatic carbocycles. The molecule has 28 heavy (non-hydrogen) atoms. The number of halogens is 1. The summed E-state index contributed by atoms with van der Waals surface area (Å²) in [7, 11) is -2.42. The Morgan fingerprint density at radius 3 is 2.39 bits per heavy atom. The van der Waals surface area contributed by atoms with Crippen LogP contribution in [0.15, 0.2) is 59.5 Å². The van der Waals surface area contributed by atoms with Crippen molar-refractivity contribution in [3.8, 4) is 0 Å². The highest BCUT2D eigenvalue weighted by Crippen LogP contribution is 2.27. The molecule has 3 aromatic rings. The fraction of sp³-hybridized carbons (Fsp3) is 0.190. The summed E-state index contributed by atoms with van der Waals surface area (Å²) < 4.78 is 26.8. The molecule has 1 N–H and O–H groups in total. The summed E-state index contributed by atoms with van der Waals surface area (Å²) >= 11 is 6.21. The number of aryl methyl sites for hydroxylation is 2. The molecule has 0 aliphatic heterocycles. The van der Waals surface area contributed by atoms with Crippen LogP contribution in [0.25, 0.3) is 10.8 Å². The zero-order chi connectivity index (χ0) is 20.5. The molecular formula is C21H21ClN2O3S. The first kappa shape index (κ1) is 20.3. The fourth-order valence-electron chi connectivity index (χ4n) is 3.05. The average Bonchev–Trinajstić information content (AvgIpc) is 2.64. The SMILES string of the molecule is Cc1cc(C)c(NC(=O)CN(C)S(=O)(=O)c2ccc3ccccc3c2)c(Cl)c1. The lowest BCUT2D eigenvalue weighted by Crippen LogP contribution is -2.35. The molecule has 0 aliphatic carbocycles. The maximum atomic E-state index is 12.9. The normalized spacial score (nSPS) is 11.8. The van der Waals surface area contributed by atoms with E-state index in [0.717, 1.165) is 26.2 Å². The van der Waals surface area contributed by atoms with Crippen molar-refractivity contribution in [1.82, 2.24) is 4.31 Å². The monoisotopic (exact) mass is 416 g/mol. The van der Waals surface area contributed by atoms with E-state index in [4.69, 9.17) is 11.6 Å². The molecule has 0 bridgehead atoms. The van der Waals surface area contributed by atoms with Gasteiger partial charge in [0.15, 0.2) is 0 Å². The van der Waals surface area contributed by atoms with Gasteiger partial charge in [0, 0.05) is 7.05 Å². The summed E-state index contributed by atoms with van der Waals surface area (Å²) in [6.07, 6.45) is 0. The van der Waals surface area contributed by atoms with Crippen LogP contribution in [0.4, 0.5) is 5.69 Å². The Bertz CT molecular complexity index is 1140. The number of sulfonamides is 1. The molecule has 0 heterocycles. The van der Waals surface area contributed by atoms with Crippen LogP contribution in [-0.4, -0.2) is 32.2 Å². The maximum absolute atomic E-state index is 12.9. The second kappa shape index (κ2) is 7.91. The van der Waals surface area contributed by atoms with Gasteiger partial charge in [0.25, 0.3) is 0 Å². The summed E-state index contributed by atoms with van der Waals surface area (Å²) in [6.45, 7) is 3.43. The number of likely N-dealkylation sites (N-methyl/N-ethyl adjacent to an activating group) is 1. The summed E-state index contributed by atoms with van der Waals surface area (Å²) in [5, 5.41) is 4.91. The van der Waals surface area contributed by atoms with Crippen molar-refractivity contribution in [2.75, 3.05) is 18.9 Å². The van der Waals surface area contributed by atoms with Crippen LogP contribution in [0, 0.1) is 13.8 Å². The third-order valence-corrected chi connectivity index (χ3v) is 6.59. The molecule has 0 radical (unpaired) electrons. The van der Waals surface area contributed by atoms with E-state index in [-0.39, 0.29) is 11.4 Å². The smallest absolute Gasteiger partial charge is 0.243 e. The van der Waals surface area contributed by atoms with Gasteiger partial charge < -0.3 is 5.32 Å². The minimum atomic E-state index is -3.81. The minimum Gasteiger partial charge on any atom is -0.323 e. The molecule has 146 valence electrons. The van der Waals surface area contributed by atoms with Gasteiger partial charge in [0.1, 0.15) is 0 Å². The van der Waals surface area contributed by atoms with E-state index in [1.165, 1.54) is 7.05 Å². The van der Waals surface area contributed by atoms with Crippen molar-refractivity contribution >= 4 is 44.0 Å². The second-order valence-electron chi connectivity index (χ2n) is 6.76. The van der Waals surface area contributed by atoms with E-state index in [0.29, 0.717) is 10.7 Å². The Morgan fingerprint density at radius 1 is 1.04 bits per heavy atom. The van der Waals surface area contributed by atoms with Crippen molar-refractivity contribution in [3.05, 3.63) is 70.7 Å². The van der Waals surface area contributed by atoms with Crippen molar-refractivity contribution in [2.24, 2.45) is 0 Å². The molecule has 0 saturated carbocycles. The zero-order valence-electron chi connectivity index (χ0n) is 15.9. The first-order valence-corrected chi connectivity index (χ1v) is 10.5. The zero-order valence-corrected chi connectivity index (χ0v) is 17.4. The van der Waals surface area contributed by atoms with Crippen LogP contribution in [0.3, 0.4) is 0 Å². The molecule has 5 nitrogen and oxygen atoms in total. The first-order chi connectivity index (χ1) is 13.2. The van der Waals surface area contributed by atoms with Crippen molar-refractivity contribution < 1.29 is 13.2 Å². The quantitative estimate of drug-likeness (QED) is 0.671. The number of carbonyl (C=O) groups excluding carboxylic acids is 1. The molecule has 0 atom stereocenters. The lowest BCUT2D eigenvalue weighted by Gasteiger charge is -2.18. The maximum Gasteiger partial charge on any atom is 0.243 e. The number of nitrogens with zero attached hydrogens (tertiary/aromatic N) is 1. The van der Waals surface area contributed by atoms with E-state index < -0.39 is 15.9 Å². The Hall–Kier alpha value is -2.41.